The molecular formula is C109H129Cl3N16O14. The molecule has 9 heterocycles. The van der Waals surface area contributed by atoms with Crippen LogP contribution in [0.1, 0.15) is 115 Å². The summed E-state index contributed by atoms with van der Waals surface area (Å²) in [6.45, 7) is 37.8. The molecule has 3 amide bonds. The molecule has 750 valence electrons. The Kier molecular flexibility index (Phi) is 35.2. The van der Waals surface area contributed by atoms with Gasteiger partial charge in [0.15, 0.2) is 19.8 Å². The van der Waals surface area contributed by atoms with Gasteiger partial charge in [-0.05, 0) is 220 Å². The first-order valence-electron chi connectivity index (χ1n) is 49.4. The minimum absolute atomic E-state index is 0.0357. The predicted molar refractivity (Wildman–Crippen MR) is 555 cm³/mol. The van der Waals surface area contributed by atoms with E-state index in [4.69, 9.17) is 87.6 Å². The third-order valence-corrected chi connectivity index (χ3v) is 27.4. The summed E-state index contributed by atoms with van der Waals surface area (Å²) in [5.74, 6) is 5.51. The van der Waals surface area contributed by atoms with Crippen LogP contribution in [0.15, 0.2) is 215 Å². The summed E-state index contributed by atoms with van der Waals surface area (Å²) in [4.78, 5) is 119. The molecule has 3 atom stereocenters. The molecule has 9 aromatic carbocycles. The van der Waals surface area contributed by atoms with Gasteiger partial charge in [-0.25, -0.2) is 15.0 Å². The third kappa shape index (κ3) is 26.0. The van der Waals surface area contributed by atoms with E-state index in [9.17, 15) is 28.8 Å². The first-order chi connectivity index (χ1) is 68.7. The van der Waals surface area contributed by atoms with E-state index in [1.165, 1.54) is 0 Å². The maximum atomic E-state index is 14.4. The van der Waals surface area contributed by atoms with Crippen molar-refractivity contribution in [3.05, 3.63) is 280 Å². The summed E-state index contributed by atoms with van der Waals surface area (Å²) in [6, 6.07) is 61.1. The number of hydrogen-bond acceptors (Lipinski definition) is 24. The number of rotatable bonds is 30. The van der Waals surface area contributed by atoms with Crippen LogP contribution < -0.4 is 45.1 Å². The minimum Gasteiger partial charge on any atom is -0.489 e. The van der Waals surface area contributed by atoms with Crippen LogP contribution in [0.2, 0.25) is 15.1 Å². The van der Waals surface area contributed by atoms with Crippen LogP contribution in [0.4, 0.5) is 0 Å². The average Bonchev–Trinajstić information content (AvgIpc) is 0.764. The summed E-state index contributed by atoms with van der Waals surface area (Å²) in [5.41, 5.74) is 6.88. The molecular weight excluding hydrogens is 1860 g/mol. The number of nitrogens with zero attached hydrogens (tertiary/aromatic N) is 16. The first-order valence-corrected chi connectivity index (χ1v) is 50.5. The third-order valence-electron chi connectivity index (χ3n) is 26.6. The number of likely N-dealkylation sites (N-methyl/N-ethyl adjacent to an activating group) is 1. The molecule has 3 unspecified atom stereocenters. The van der Waals surface area contributed by atoms with E-state index in [0.29, 0.717) is 215 Å². The van der Waals surface area contributed by atoms with Crippen LogP contribution in [0.25, 0.3) is 49.8 Å². The number of fused-ring (bicyclic) bond motifs is 3. The fourth-order valence-corrected chi connectivity index (χ4v) is 19.1. The number of ether oxygens (including phenoxy) is 8. The van der Waals surface area contributed by atoms with Crippen LogP contribution in [0.5, 0.6) is 34.5 Å². The fraction of sp³-hybridized carbons (Fsp3) is 0.422. The second-order valence-corrected chi connectivity index (χ2v) is 38.9. The number of morpholine rings is 2. The zero-order valence-electron chi connectivity index (χ0n) is 82.7. The van der Waals surface area contributed by atoms with Crippen molar-refractivity contribution in [3.63, 3.8) is 0 Å². The predicted octanol–water partition coefficient (Wildman–Crippen LogP) is 14.7. The maximum Gasteiger partial charge on any atom is 0.266 e. The van der Waals surface area contributed by atoms with E-state index >= 15 is 0 Å². The van der Waals surface area contributed by atoms with Crippen molar-refractivity contribution in [1.82, 2.24) is 77.7 Å². The molecule has 0 bridgehead atoms. The Morgan fingerprint density at radius 2 is 0.683 bits per heavy atom. The van der Waals surface area contributed by atoms with Crippen molar-refractivity contribution in [3.8, 4) is 51.6 Å². The van der Waals surface area contributed by atoms with Gasteiger partial charge in [0, 0.05) is 171 Å². The highest BCUT2D eigenvalue weighted by Crippen LogP contribution is 2.38. The second-order valence-electron chi connectivity index (χ2n) is 37.6. The monoisotopic (exact) mass is 1990 g/mol. The smallest absolute Gasteiger partial charge is 0.266 e. The number of amides is 3. The topological polar surface area (TPSA) is 262 Å². The fourth-order valence-electron chi connectivity index (χ4n) is 18.8. The molecule has 0 aliphatic carbocycles. The van der Waals surface area contributed by atoms with Gasteiger partial charge in [0.05, 0.1) is 113 Å². The Bertz CT molecular complexity index is 6510. The van der Waals surface area contributed by atoms with E-state index in [1.807, 2.05) is 153 Å². The van der Waals surface area contributed by atoms with E-state index in [2.05, 4.69) is 92.5 Å². The van der Waals surface area contributed by atoms with Crippen molar-refractivity contribution < 1.29 is 52.3 Å². The SMILES string of the molecule is CC(C)Oc1c(CN2CCOCC2)cccc1-n1c(C(C)N2CCN(C(=O)COc3ccc(Cl)cc3)CC2)nc2ccccc2c1=O.CC(C)Oc1cc(CN2CCOCC2)ccc1-n1c(C(C)N2CCN(C(=O)COc3ccc(Cl)cc3)CC2)nc2ccccc2c1=O.CC(C)Oc1ccc(CN2CCN(C)CC2)cc1-n1c(C(C)N2CCN(C(=O)COc3ccc(Cl)cc3)CC2)nc2ccccc2c1=O. The number of hydrogen-bond donors (Lipinski definition) is 0. The lowest BCUT2D eigenvalue weighted by molar-refractivity contribution is -0.136. The molecule has 30 nitrogen and oxygen atoms in total. The molecule has 6 aliphatic rings. The van der Waals surface area contributed by atoms with Gasteiger partial charge in [-0.15, -0.1) is 0 Å². The zero-order chi connectivity index (χ0) is 99.6. The number of halogens is 3. The van der Waals surface area contributed by atoms with E-state index in [0.717, 1.165) is 95.4 Å². The molecule has 142 heavy (non-hydrogen) atoms. The second kappa shape index (κ2) is 48.5. The number of carbonyl (C=O) groups excluding carboxylic acids is 3. The Balaban J connectivity index is 0.000000153. The molecule has 0 spiro atoms. The Morgan fingerprint density at radius 1 is 0.338 bits per heavy atom. The molecule has 0 saturated carbocycles. The number of aromatic nitrogens is 6. The number of piperazine rings is 4. The molecule has 6 aliphatic heterocycles. The van der Waals surface area contributed by atoms with Crippen LogP contribution in [-0.2, 0) is 43.5 Å². The zero-order valence-corrected chi connectivity index (χ0v) is 85.0. The van der Waals surface area contributed by atoms with Gasteiger partial charge < -0.3 is 57.5 Å². The van der Waals surface area contributed by atoms with Crippen molar-refractivity contribution in [2.24, 2.45) is 0 Å². The lowest BCUT2D eigenvalue weighted by Crippen LogP contribution is -2.51. The number of carbonyl (C=O) groups is 3. The van der Waals surface area contributed by atoms with Crippen LogP contribution in [-0.4, -0.2) is 298 Å². The molecule has 0 N–H and O–H groups in total. The highest BCUT2D eigenvalue weighted by atomic mass is 35.5. The van der Waals surface area contributed by atoms with Crippen LogP contribution in [0.3, 0.4) is 0 Å². The van der Waals surface area contributed by atoms with Gasteiger partial charge >= 0.3 is 0 Å². The van der Waals surface area contributed by atoms with Crippen molar-refractivity contribution in [2.75, 3.05) is 184 Å². The normalized spacial score (nSPS) is 16.9. The Labute approximate surface area is 844 Å². The van der Waals surface area contributed by atoms with Gasteiger partial charge in [0.1, 0.15) is 52.0 Å². The number of para-hydroxylation sites is 4. The summed E-state index contributed by atoms with van der Waals surface area (Å²) in [7, 11) is 2.16. The summed E-state index contributed by atoms with van der Waals surface area (Å²) in [6.07, 6.45) is -0.267. The molecule has 12 aromatic rings. The largest absolute Gasteiger partial charge is 0.489 e. The van der Waals surface area contributed by atoms with E-state index < -0.39 is 0 Å². The molecule has 0 radical (unpaired) electrons. The summed E-state index contributed by atoms with van der Waals surface area (Å²) >= 11 is 17.9. The van der Waals surface area contributed by atoms with Crippen LogP contribution in [0, 0.1) is 0 Å². The van der Waals surface area contributed by atoms with Crippen molar-refractivity contribution in [2.45, 2.75) is 118 Å². The van der Waals surface area contributed by atoms with Crippen LogP contribution >= 0.6 is 34.8 Å². The summed E-state index contributed by atoms with van der Waals surface area (Å²) < 4.78 is 52.6. The van der Waals surface area contributed by atoms with Crippen molar-refractivity contribution >= 4 is 85.2 Å². The van der Waals surface area contributed by atoms with E-state index in [1.54, 1.807) is 86.5 Å². The molecule has 6 fully saturated rings. The maximum absolute atomic E-state index is 14.4. The van der Waals surface area contributed by atoms with Gasteiger partial charge in [0.2, 0.25) is 0 Å². The lowest BCUT2D eigenvalue weighted by Gasteiger charge is -2.38. The van der Waals surface area contributed by atoms with Gasteiger partial charge in [-0.1, -0.05) is 95.5 Å². The Hall–Kier alpha value is -11.9. The molecule has 3 aromatic heterocycles. The first kappa shape index (κ1) is 103. The molecule has 6 saturated heterocycles. The highest BCUT2D eigenvalue weighted by Gasteiger charge is 2.36. The van der Waals surface area contributed by atoms with Crippen molar-refractivity contribution in [1.29, 1.82) is 0 Å². The average molecular weight is 1990 g/mol. The minimum atomic E-state index is -0.218. The lowest BCUT2D eigenvalue weighted by atomic mass is 10.1. The highest BCUT2D eigenvalue weighted by molar-refractivity contribution is 6.31. The van der Waals surface area contributed by atoms with Gasteiger partial charge in [-0.3, -0.25) is 71.9 Å². The summed E-state index contributed by atoms with van der Waals surface area (Å²) in [5, 5.41) is 3.51. The van der Waals surface area contributed by atoms with E-state index in [-0.39, 0.29) is 90.7 Å². The van der Waals surface area contributed by atoms with Gasteiger partial charge in [0.25, 0.3) is 34.4 Å². The standard InChI is InChI=1S/C37H45ClN6O4.2C36H42ClN5O5/c1-26(2)48-34-14-9-28(24-41-17-15-40(4)16-18-41)23-33(34)44-36(39-32-8-6-5-7-31(32)37(44)46)27(3)42-19-21-43(22-20-42)35(45)25-47-30-12-10-29(38)11-13-30;1-25(2)47-34-27(23-39-19-21-45-22-20-39)7-6-10-32(34)42-35(38-31-9-5-4-8-30(31)36(42)44)26(3)40-15-17-41(18-16-40)33(43)24-46-29-13-11-28(37)12-14-29;1-25(2)47-33-22-27(23-39-18-20-45-21-19-39)8-13-32(33)42-35(38-31-7-5-4-6-30(31)36(42)44)26(3)40-14-16-41(17-15-40)34(43)24-46-29-11-9-28(37)10-12-29/h5-14,23,26-27H,15-22,24-25H2,1-4H3;4-14,25-26H,15-24H2,1-3H3;4-13,22,25-26H,14-21,23-24H2,1-3H3. The number of benzene rings is 9. The quantitative estimate of drug-likeness (QED) is 0.0405. The Morgan fingerprint density at radius 3 is 1.08 bits per heavy atom. The molecule has 33 heteroatoms. The molecule has 18 rings (SSSR count). The van der Waals surface area contributed by atoms with Gasteiger partial charge in [-0.2, -0.15) is 0 Å².